The summed E-state index contributed by atoms with van der Waals surface area (Å²) < 4.78 is 5.18. The van der Waals surface area contributed by atoms with Gasteiger partial charge in [-0.1, -0.05) is 27.7 Å². The standard InChI is InChI=1S/C16H29N3O2/c1-5-19(6-2)14(10-13(3)4)11-17-16(20)18-12-15-8-7-9-21-15/h7-9,13-14H,5-6,10-12H2,1-4H3,(H2,17,18,20). The highest BCUT2D eigenvalue weighted by molar-refractivity contribution is 5.73. The zero-order chi connectivity index (χ0) is 15.7. The highest BCUT2D eigenvalue weighted by atomic mass is 16.3. The number of carbonyl (C=O) groups is 1. The van der Waals surface area contributed by atoms with Gasteiger partial charge in [0.2, 0.25) is 0 Å². The topological polar surface area (TPSA) is 57.5 Å². The minimum Gasteiger partial charge on any atom is -0.467 e. The van der Waals surface area contributed by atoms with Crippen molar-refractivity contribution in [2.45, 2.75) is 46.7 Å². The molecule has 1 atom stereocenters. The van der Waals surface area contributed by atoms with Crippen LogP contribution in [0.25, 0.3) is 0 Å². The molecule has 0 saturated heterocycles. The molecule has 1 unspecified atom stereocenters. The van der Waals surface area contributed by atoms with E-state index in [0.717, 1.165) is 25.3 Å². The molecule has 2 N–H and O–H groups in total. The summed E-state index contributed by atoms with van der Waals surface area (Å²) in [4.78, 5) is 14.2. The van der Waals surface area contributed by atoms with Gasteiger partial charge in [0.25, 0.3) is 0 Å². The molecule has 0 radical (unpaired) electrons. The van der Waals surface area contributed by atoms with Crippen molar-refractivity contribution in [3.63, 3.8) is 0 Å². The number of amides is 2. The van der Waals surface area contributed by atoms with Crippen molar-refractivity contribution in [1.82, 2.24) is 15.5 Å². The molecule has 0 aliphatic rings. The molecular formula is C16H29N3O2. The Bertz CT molecular complexity index is 386. The van der Waals surface area contributed by atoms with Gasteiger partial charge in [-0.15, -0.1) is 0 Å². The van der Waals surface area contributed by atoms with Crippen LogP contribution in [0.15, 0.2) is 22.8 Å². The summed E-state index contributed by atoms with van der Waals surface area (Å²) in [6.45, 7) is 11.8. The lowest BCUT2D eigenvalue weighted by Crippen LogP contribution is -2.46. The molecule has 120 valence electrons. The largest absolute Gasteiger partial charge is 0.467 e. The van der Waals surface area contributed by atoms with Crippen LogP contribution in [0.1, 0.15) is 39.9 Å². The molecule has 5 heteroatoms. The summed E-state index contributed by atoms with van der Waals surface area (Å²) in [5.74, 6) is 1.37. The number of carbonyl (C=O) groups excluding carboxylic acids is 1. The first-order valence-corrected chi connectivity index (χ1v) is 7.84. The lowest BCUT2D eigenvalue weighted by Gasteiger charge is -2.31. The van der Waals surface area contributed by atoms with Crippen LogP contribution in [0.3, 0.4) is 0 Å². The molecule has 0 aromatic carbocycles. The van der Waals surface area contributed by atoms with Crippen LogP contribution in [0.2, 0.25) is 0 Å². The molecule has 1 rings (SSSR count). The molecule has 1 heterocycles. The van der Waals surface area contributed by atoms with E-state index in [-0.39, 0.29) is 6.03 Å². The van der Waals surface area contributed by atoms with Crippen LogP contribution in [-0.2, 0) is 6.54 Å². The van der Waals surface area contributed by atoms with Gasteiger partial charge in [-0.3, -0.25) is 4.90 Å². The minimum atomic E-state index is -0.146. The van der Waals surface area contributed by atoms with Gasteiger partial charge in [-0.05, 0) is 37.6 Å². The third kappa shape index (κ3) is 6.67. The second kappa shape index (κ2) is 9.45. The number of nitrogens with zero attached hydrogens (tertiary/aromatic N) is 1. The Kier molecular flexibility index (Phi) is 7.90. The fourth-order valence-electron chi connectivity index (χ4n) is 2.50. The van der Waals surface area contributed by atoms with Gasteiger partial charge in [-0.2, -0.15) is 0 Å². The predicted molar refractivity (Wildman–Crippen MR) is 85.1 cm³/mol. The fourth-order valence-corrected chi connectivity index (χ4v) is 2.50. The minimum absolute atomic E-state index is 0.146. The average Bonchev–Trinajstić information content (AvgIpc) is 2.96. The van der Waals surface area contributed by atoms with Crippen molar-refractivity contribution < 1.29 is 9.21 Å². The van der Waals surface area contributed by atoms with E-state index >= 15 is 0 Å². The van der Waals surface area contributed by atoms with E-state index in [1.54, 1.807) is 6.26 Å². The van der Waals surface area contributed by atoms with Crippen LogP contribution in [0, 0.1) is 5.92 Å². The van der Waals surface area contributed by atoms with Crippen molar-refractivity contribution in [3.05, 3.63) is 24.2 Å². The Hall–Kier alpha value is -1.49. The zero-order valence-corrected chi connectivity index (χ0v) is 13.7. The summed E-state index contributed by atoms with van der Waals surface area (Å²) >= 11 is 0. The number of hydrogen-bond donors (Lipinski definition) is 2. The number of likely N-dealkylation sites (N-methyl/N-ethyl adjacent to an activating group) is 1. The monoisotopic (exact) mass is 295 g/mol. The lowest BCUT2D eigenvalue weighted by atomic mass is 10.0. The maximum Gasteiger partial charge on any atom is 0.315 e. The molecule has 1 aromatic rings. The van der Waals surface area contributed by atoms with Crippen molar-refractivity contribution in [2.24, 2.45) is 5.92 Å². The summed E-state index contributed by atoms with van der Waals surface area (Å²) in [6, 6.07) is 3.90. The van der Waals surface area contributed by atoms with Crippen LogP contribution in [-0.4, -0.2) is 36.6 Å². The summed E-state index contributed by atoms with van der Waals surface area (Å²) in [7, 11) is 0. The highest BCUT2D eigenvalue weighted by Crippen LogP contribution is 2.10. The van der Waals surface area contributed by atoms with Gasteiger partial charge in [0, 0.05) is 12.6 Å². The molecule has 5 nitrogen and oxygen atoms in total. The van der Waals surface area contributed by atoms with Crippen molar-refractivity contribution in [1.29, 1.82) is 0 Å². The lowest BCUT2D eigenvalue weighted by molar-refractivity contribution is 0.184. The van der Waals surface area contributed by atoms with E-state index in [0.29, 0.717) is 25.0 Å². The second-order valence-corrected chi connectivity index (χ2v) is 5.65. The van der Waals surface area contributed by atoms with E-state index in [4.69, 9.17) is 4.42 Å². The van der Waals surface area contributed by atoms with Crippen LogP contribution < -0.4 is 10.6 Å². The normalized spacial score (nSPS) is 12.7. The third-order valence-corrected chi connectivity index (χ3v) is 3.57. The maximum absolute atomic E-state index is 11.8. The highest BCUT2D eigenvalue weighted by Gasteiger charge is 2.17. The third-order valence-electron chi connectivity index (χ3n) is 3.57. The Morgan fingerprint density at radius 1 is 1.29 bits per heavy atom. The molecular weight excluding hydrogens is 266 g/mol. The SMILES string of the molecule is CCN(CC)C(CNC(=O)NCc1ccco1)CC(C)C. The number of rotatable bonds is 9. The maximum atomic E-state index is 11.8. The fraction of sp³-hybridized carbons (Fsp3) is 0.688. The van der Waals surface area contributed by atoms with Crippen molar-refractivity contribution in [3.8, 4) is 0 Å². The van der Waals surface area contributed by atoms with Gasteiger partial charge in [-0.25, -0.2) is 4.79 Å². The van der Waals surface area contributed by atoms with Gasteiger partial charge >= 0.3 is 6.03 Å². The molecule has 0 aliphatic carbocycles. The van der Waals surface area contributed by atoms with Gasteiger partial charge < -0.3 is 15.1 Å². The van der Waals surface area contributed by atoms with E-state index in [1.165, 1.54) is 0 Å². The first kappa shape index (κ1) is 17.6. The predicted octanol–water partition coefficient (Wildman–Crippen LogP) is 2.84. The number of urea groups is 1. The van der Waals surface area contributed by atoms with Crippen LogP contribution in [0.5, 0.6) is 0 Å². The summed E-state index contributed by atoms with van der Waals surface area (Å²) in [6.07, 6.45) is 2.69. The number of hydrogen-bond acceptors (Lipinski definition) is 3. The number of furan rings is 1. The van der Waals surface area contributed by atoms with E-state index in [9.17, 15) is 4.79 Å². The molecule has 0 aliphatic heterocycles. The first-order valence-electron chi connectivity index (χ1n) is 7.84. The molecule has 2 amide bonds. The van der Waals surface area contributed by atoms with Gasteiger partial charge in [0.05, 0.1) is 12.8 Å². The molecule has 0 bridgehead atoms. The quantitative estimate of drug-likeness (QED) is 0.736. The van der Waals surface area contributed by atoms with Crippen LogP contribution >= 0.6 is 0 Å². The Morgan fingerprint density at radius 3 is 2.52 bits per heavy atom. The first-order chi connectivity index (χ1) is 10.1. The molecule has 21 heavy (non-hydrogen) atoms. The van der Waals surface area contributed by atoms with E-state index in [2.05, 4.69) is 43.2 Å². The Balaban J connectivity index is 2.38. The van der Waals surface area contributed by atoms with Crippen LogP contribution in [0.4, 0.5) is 4.79 Å². The summed E-state index contributed by atoms with van der Waals surface area (Å²) in [5, 5.41) is 5.77. The smallest absolute Gasteiger partial charge is 0.315 e. The Labute approximate surface area is 128 Å². The molecule has 0 fully saturated rings. The average molecular weight is 295 g/mol. The molecule has 1 aromatic heterocycles. The van der Waals surface area contributed by atoms with E-state index < -0.39 is 0 Å². The zero-order valence-electron chi connectivity index (χ0n) is 13.7. The van der Waals surface area contributed by atoms with Gasteiger partial charge in [0.1, 0.15) is 5.76 Å². The summed E-state index contributed by atoms with van der Waals surface area (Å²) in [5.41, 5.74) is 0. The molecule has 0 spiro atoms. The second-order valence-electron chi connectivity index (χ2n) is 5.65. The van der Waals surface area contributed by atoms with E-state index in [1.807, 2.05) is 12.1 Å². The molecule has 0 saturated carbocycles. The van der Waals surface area contributed by atoms with Crippen molar-refractivity contribution >= 4 is 6.03 Å². The Morgan fingerprint density at radius 2 is 2.00 bits per heavy atom. The van der Waals surface area contributed by atoms with Gasteiger partial charge in [0.15, 0.2) is 0 Å². The number of nitrogens with one attached hydrogen (secondary N) is 2. The van der Waals surface area contributed by atoms with Crippen molar-refractivity contribution in [2.75, 3.05) is 19.6 Å².